The summed E-state index contributed by atoms with van der Waals surface area (Å²) in [5.41, 5.74) is 1.81. The molecule has 0 unspecified atom stereocenters. The van der Waals surface area contributed by atoms with E-state index < -0.39 is 0 Å². The maximum Gasteiger partial charge on any atom is 0.246 e. The fraction of sp³-hybridized carbons (Fsp3) is 0.267. The molecule has 2 aromatic rings. The number of hydrogen-bond acceptors (Lipinski definition) is 4. The summed E-state index contributed by atoms with van der Waals surface area (Å²) in [5.74, 6) is -0.0792. The standard InChI is InChI=1S/C15H17NO4/c1-18-9-6-16(10-14-5-8-20-12-14)15(17)3-2-13-4-7-19-11-13/h2-5,7-8,11-12H,6,9-10H2,1H3/b3-2+. The van der Waals surface area contributed by atoms with Crippen molar-refractivity contribution in [3.05, 3.63) is 54.4 Å². The van der Waals surface area contributed by atoms with Gasteiger partial charge in [-0.1, -0.05) is 0 Å². The molecule has 0 spiro atoms. The SMILES string of the molecule is COCCN(Cc1ccoc1)C(=O)/C=C/c1ccoc1. The van der Waals surface area contributed by atoms with E-state index in [4.69, 9.17) is 13.6 Å². The number of nitrogens with zero attached hydrogens (tertiary/aromatic N) is 1. The van der Waals surface area contributed by atoms with Gasteiger partial charge in [-0.25, -0.2) is 0 Å². The summed E-state index contributed by atoms with van der Waals surface area (Å²) < 4.78 is 15.0. The Morgan fingerprint density at radius 3 is 2.75 bits per heavy atom. The monoisotopic (exact) mass is 275 g/mol. The Morgan fingerprint density at radius 2 is 2.10 bits per heavy atom. The van der Waals surface area contributed by atoms with Gasteiger partial charge in [0.1, 0.15) is 0 Å². The van der Waals surface area contributed by atoms with Gasteiger partial charge in [-0.3, -0.25) is 4.79 Å². The summed E-state index contributed by atoms with van der Waals surface area (Å²) in [4.78, 5) is 13.9. The Balaban J connectivity index is 1.99. The van der Waals surface area contributed by atoms with E-state index in [1.54, 1.807) is 49.2 Å². The van der Waals surface area contributed by atoms with Crippen LogP contribution in [0.2, 0.25) is 0 Å². The van der Waals surface area contributed by atoms with Crippen LogP contribution < -0.4 is 0 Å². The summed E-state index contributed by atoms with van der Waals surface area (Å²) in [6.45, 7) is 1.51. The first-order valence-corrected chi connectivity index (χ1v) is 6.29. The van der Waals surface area contributed by atoms with Gasteiger partial charge in [-0.05, 0) is 18.2 Å². The lowest BCUT2D eigenvalue weighted by molar-refractivity contribution is -0.127. The number of ether oxygens (including phenoxy) is 1. The van der Waals surface area contributed by atoms with Crippen LogP contribution >= 0.6 is 0 Å². The molecule has 0 aliphatic rings. The molecule has 0 radical (unpaired) electrons. The Bertz CT molecular complexity index is 528. The predicted molar refractivity (Wildman–Crippen MR) is 73.7 cm³/mol. The molecule has 5 nitrogen and oxygen atoms in total. The van der Waals surface area contributed by atoms with Gasteiger partial charge in [0.2, 0.25) is 5.91 Å². The lowest BCUT2D eigenvalue weighted by atomic mass is 10.2. The average molecular weight is 275 g/mol. The molecule has 2 rings (SSSR count). The number of hydrogen-bond donors (Lipinski definition) is 0. The number of carbonyl (C=O) groups is 1. The quantitative estimate of drug-likeness (QED) is 0.729. The van der Waals surface area contributed by atoms with E-state index in [1.165, 1.54) is 6.08 Å². The molecule has 0 fully saturated rings. The maximum atomic E-state index is 12.2. The zero-order chi connectivity index (χ0) is 14.2. The lowest BCUT2D eigenvalue weighted by Gasteiger charge is -2.20. The van der Waals surface area contributed by atoms with Gasteiger partial charge in [0.05, 0.1) is 31.7 Å². The van der Waals surface area contributed by atoms with E-state index >= 15 is 0 Å². The van der Waals surface area contributed by atoms with E-state index in [2.05, 4.69) is 0 Å². The number of methoxy groups -OCH3 is 1. The molecule has 0 bridgehead atoms. The second-order valence-electron chi connectivity index (χ2n) is 4.27. The second kappa shape index (κ2) is 7.35. The summed E-state index contributed by atoms with van der Waals surface area (Å²) in [7, 11) is 1.61. The first kappa shape index (κ1) is 14.1. The van der Waals surface area contributed by atoms with E-state index in [0.29, 0.717) is 19.7 Å². The molecular formula is C15H17NO4. The third kappa shape index (κ3) is 4.13. The van der Waals surface area contributed by atoms with Crippen LogP contribution in [0.1, 0.15) is 11.1 Å². The molecule has 0 atom stereocenters. The molecule has 1 amide bonds. The number of carbonyl (C=O) groups excluding carboxylic acids is 1. The third-order valence-electron chi connectivity index (χ3n) is 2.79. The smallest absolute Gasteiger partial charge is 0.246 e. The molecule has 0 saturated carbocycles. The molecule has 0 aliphatic heterocycles. The van der Waals surface area contributed by atoms with Gasteiger partial charge in [0.25, 0.3) is 0 Å². The molecule has 5 heteroatoms. The fourth-order valence-electron chi connectivity index (χ4n) is 1.71. The van der Waals surface area contributed by atoms with Crippen LogP contribution in [0.4, 0.5) is 0 Å². The molecule has 106 valence electrons. The first-order chi connectivity index (χ1) is 9.79. The normalized spacial score (nSPS) is 11.1. The summed E-state index contributed by atoms with van der Waals surface area (Å²) >= 11 is 0. The highest BCUT2D eigenvalue weighted by Gasteiger charge is 2.11. The molecular weight excluding hydrogens is 258 g/mol. The van der Waals surface area contributed by atoms with Gasteiger partial charge in [0.15, 0.2) is 0 Å². The molecule has 2 aromatic heterocycles. The van der Waals surface area contributed by atoms with Crippen molar-refractivity contribution in [1.29, 1.82) is 0 Å². The Morgan fingerprint density at radius 1 is 1.30 bits per heavy atom. The van der Waals surface area contributed by atoms with Crippen molar-refractivity contribution in [1.82, 2.24) is 4.90 Å². The minimum absolute atomic E-state index is 0.0792. The molecule has 20 heavy (non-hydrogen) atoms. The Kier molecular flexibility index (Phi) is 5.20. The van der Waals surface area contributed by atoms with Gasteiger partial charge in [-0.15, -0.1) is 0 Å². The second-order valence-corrected chi connectivity index (χ2v) is 4.27. The number of rotatable bonds is 7. The van der Waals surface area contributed by atoms with Gasteiger partial charge < -0.3 is 18.5 Å². The minimum Gasteiger partial charge on any atom is -0.472 e. The topological polar surface area (TPSA) is 55.8 Å². The zero-order valence-electron chi connectivity index (χ0n) is 11.3. The molecule has 2 heterocycles. The van der Waals surface area contributed by atoms with Crippen LogP contribution in [-0.2, 0) is 16.1 Å². The fourth-order valence-corrected chi connectivity index (χ4v) is 1.71. The van der Waals surface area contributed by atoms with Crippen LogP contribution in [0.3, 0.4) is 0 Å². The largest absolute Gasteiger partial charge is 0.472 e. The van der Waals surface area contributed by atoms with E-state index in [1.807, 2.05) is 6.07 Å². The highest BCUT2D eigenvalue weighted by atomic mass is 16.5. The highest BCUT2D eigenvalue weighted by Crippen LogP contribution is 2.08. The lowest BCUT2D eigenvalue weighted by Crippen LogP contribution is -2.31. The highest BCUT2D eigenvalue weighted by molar-refractivity contribution is 5.91. The van der Waals surface area contributed by atoms with E-state index in [-0.39, 0.29) is 5.91 Å². The van der Waals surface area contributed by atoms with Crippen LogP contribution in [0.5, 0.6) is 0 Å². The van der Waals surface area contributed by atoms with Crippen molar-refractivity contribution in [3.63, 3.8) is 0 Å². The predicted octanol–water partition coefficient (Wildman–Crippen LogP) is 2.56. The van der Waals surface area contributed by atoms with Crippen LogP contribution in [0, 0.1) is 0 Å². The van der Waals surface area contributed by atoms with Crippen LogP contribution in [0.25, 0.3) is 6.08 Å². The van der Waals surface area contributed by atoms with Crippen molar-refractivity contribution >= 4 is 12.0 Å². The van der Waals surface area contributed by atoms with Crippen LogP contribution in [-0.4, -0.2) is 31.1 Å². The van der Waals surface area contributed by atoms with Gasteiger partial charge in [0, 0.05) is 37.4 Å². The van der Waals surface area contributed by atoms with E-state index in [0.717, 1.165) is 11.1 Å². The minimum atomic E-state index is -0.0792. The summed E-state index contributed by atoms with van der Waals surface area (Å²) in [6.07, 6.45) is 9.63. The summed E-state index contributed by atoms with van der Waals surface area (Å²) in [5, 5.41) is 0. The van der Waals surface area contributed by atoms with Crippen molar-refractivity contribution in [2.24, 2.45) is 0 Å². The summed E-state index contributed by atoms with van der Waals surface area (Å²) in [6, 6.07) is 3.63. The van der Waals surface area contributed by atoms with Crippen molar-refractivity contribution in [2.45, 2.75) is 6.54 Å². The maximum absolute atomic E-state index is 12.2. The first-order valence-electron chi connectivity index (χ1n) is 6.29. The molecule has 0 aliphatic carbocycles. The number of furan rings is 2. The van der Waals surface area contributed by atoms with Crippen LogP contribution in [0.15, 0.2) is 52.1 Å². The van der Waals surface area contributed by atoms with Gasteiger partial charge in [-0.2, -0.15) is 0 Å². The van der Waals surface area contributed by atoms with Crippen molar-refractivity contribution in [2.75, 3.05) is 20.3 Å². The van der Waals surface area contributed by atoms with Crippen molar-refractivity contribution < 1.29 is 18.4 Å². The average Bonchev–Trinajstić information content (AvgIpc) is 3.13. The molecule has 0 aromatic carbocycles. The zero-order valence-corrected chi connectivity index (χ0v) is 11.3. The Hall–Kier alpha value is -2.27. The van der Waals surface area contributed by atoms with Crippen molar-refractivity contribution in [3.8, 4) is 0 Å². The number of amides is 1. The molecule has 0 N–H and O–H groups in total. The Labute approximate surface area is 117 Å². The van der Waals surface area contributed by atoms with E-state index in [9.17, 15) is 4.79 Å². The third-order valence-corrected chi connectivity index (χ3v) is 2.79. The van der Waals surface area contributed by atoms with Gasteiger partial charge >= 0.3 is 0 Å². The molecule has 0 saturated heterocycles.